The lowest BCUT2D eigenvalue weighted by Gasteiger charge is -2.26. The molecule has 2 aliphatic rings. The number of pyridine rings is 1. The minimum atomic E-state index is -0.507. The molecule has 2 fully saturated rings. The maximum Gasteiger partial charge on any atom is 0.255 e. The Morgan fingerprint density at radius 1 is 1.30 bits per heavy atom. The van der Waals surface area contributed by atoms with Gasteiger partial charge in [0.15, 0.2) is 5.82 Å². The lowest BCUT2D eigenvalue weighted by molar-refractivity contribution is 0.136. The van der Waals surface area contributed by atoms with E-state index in [1.807, 2.05) is 18.9 Å². The van der Waals surface area contributed by atoms with E-state index in [9.17, 15) is 9.18 Å². The standard InChI is InChI=1S/C21H26FN9O2/c1-4-33-8-7-31-21(25-26-27-31)30-11-14-15(12-30)19(14)29(3)20-24-17(9-18(32)28(20)2)13-5-6-23-10-16(13)22/h5-6,9-10,14-15,19H,4,7-8,11-12H2,1-3H3/t14-,15+,19?. The van der Waals surface area contributed by atoms with Crippen LogP contribution in [0, 0.1) is 17.7 Å². The Morgan fingerprint density at radius 2 is 2.09 bits per heavy atom. The van der Waals surface area contributed by atoms with Crippen molar-refractivity contribution >= 4 is 11.9 Å². The number of hydrogen-bond donors (Lipinski definition) is 0. The molecule has 4 heterocycles. The number of anilines is 2. The van der Waals surface area contributed by atoms with Crippen molar-refractivity contribution in [1.29, 1.82) is 0 Å². The first-order valence-corrected chi connectivity index (χ1v) is 11.0. The van der Waals surface area contributed by atoms with Crippen molar-refractivity contribution in [3.63, 3.8) is 0 Å². The van der Waals surface area contributed by atoms with Crippen LogP contribution in [0.4, 0.5) is 16.3 Å². The average Bonchev–Trinajstić information content (AvgIpc) is 3.14. The lowest BCUT2D eigenvalue weighted by atomic mass is 10.2. The molecule has 0 bridgehead atoms. The molecule has 11 nitrogen and oxygen atoms in total. The number of halogens is 1. The predicted molar refractivity (Wildman–Crippen MR) is 118 cm³/mol. The quantitative estimate of drug-likeness (QED) is 0.451. The molecular weight excluding hydrogens is 429 g/mol. The number of tetrazole rings is 1. The second-order valence-corrected chi connectivity index (χ2v) is 8.43. The maximum atomic E-state index is 14.3. The molecule has 0 amide bonds. The van der Waals surface area contributed by atoms with Gasteiger partial charge in [-0.1, -0.05) is 5.10 Å². The molecule has 1 aliphatic carbocycles. The molecule has 3 aromatic rings. The Balaban J connectivity index is 1.32. The minimum absolute atomic E-state index is 0.237. The monoisotopic (exact) mass is 455 g/mol. The summed E-state index contributed by atoms with van der Waals surface area (Å²) in [5.74, 6) is 1.58. The normalized spacial score (nSPS) is 21.3. The maximum absolute atomic E-state index is 14.3. The zero-order valence-electron chi connectivity index (χ0n) is 18.8. The number of hydrogen-bond acceptors (Lipinski definition) is 9. The van der Waals surface area contributed by atoms with Gasteiger partial charge in [-0.3, -0.25) is 14.3 Å². The molecule has 174 valence electrons. The van der Waals surface area contributed by atoms with Crippen LogP contribution in [-0.4, -0.2) is 74.1 Å². The molecule has 12 heteroatoms. The molecule has 3 aromatic heterocycles. The zero-order valence-corrected chi connectivity index (χ0v) is 18.8. The highest BCUT2D eigenvalue weighted by Gasteiger charge is 2.59. The van der Waals surface area contributed by atoms with Crippen LogP contribution in [0.2, 0.25) is 0 Å². The highest BCUT2D eigenvalue weighted by atomic mass is 19.1. The summed E-state index contributed by atoms with van der Waals surface area (Å²) in [5.41, 5.74) is 0.332. The Bertz CT molecular complexity index is 1200. The van der Waals surface area contributed by atoms with Gasteiger partial charge in [0.05, 0.1) is 25.0 Å². The molecule has 33 heavy (non-hydrogen) atoms. The summed E-state index contributed by atoms with van der Waals surface area (Å²) in [6, 6.07) is 3.12. The van der Waals surface area contributed by atoms with E-state index in [2.05, 4.69) is 30.4 Å². The van der Waals surface area contributed by atoms with E-state index in [1.54, 1.807) is 11.7 Å². The predicted octanol–water partition coefficient (Wildman–Crippen LogP) is 0.575. The molecule has 0 aromatic carbocycles. The van der Waals surface area contributed by atoms with Gasteiger partial charge in [-0.05, 0) is 23.4 Å². The minimum Gasteiger partial charge on any atom is -0.380 e. The Morgan fingerprint density at radius 3 is 2.82 bits per heavy atom. The third-order valence-electron chi connectivity index (χ3n) is 6.52. The van der Waals surface area contributed by atoms with Crippen molar-refractivity contribution in [3.05, 3.63) is 40.7 Å². The summed E-state index contributed by atoms with van der Waals surface area (Å²) >= 11 is 0. The number of nitrogens with zero attached hydrogens (tertiary/aromatic N) is 9. The fourth-order valence-corrected chi connectivity index (χ4v) is 4.80. The summed E-state index contributed by atoms with van der Waals surface area (Å²) < 4.78 is 22.9. The molecule has 1 saturated heterocycles. The molecule has 0 spiro atoms. The largest absolute Gasteiger partial charge is 0.380 e. The fraction of sp³-hybridized carbons (Fsp3) is 0.524. The first-order valence-electron chi connectivity index (χ1n) is 11.0. The smallest absolute Gasteiger partial charge is 0.255 e. The summed E-state index contributed by atoms with van der Waals surface area (Å²) in [6.45, 7) is 5.43. The molecule has 5 rings (SSSR count). The second kappa shape index (κ2) is 8.50. The van der Waals surface area contributed by atoms with Crippen LogP contribution in [0.3, 0.4) is 0 Å². The number of rotatable bonds is 8. The molecule has 1 unspecified atom stereocenters. The average molecular weight is 455 g/mol. The first-order chi connectivity index (χ1) is 16.0. The zero-order chi connectivity index (χ0) is 23.1. The van der Waals surface area contributed by atoms with E-state index in [0.29, 0.717) is 43.2 Å². The molecule has 1 aliphatic heterocycles. The fourth-order valence-electron chi connectivity index (χ4n) is 4.80. The van der Waals surface area contributed by atoms with Crippen molar-refractivity contribution in [3.8, 4) is 11.3 Å². The third kappa shape index (κ3) is 3.84. The first kappa shape index (κ1) is 21.4. The second-order valence-electron chi connectivity index (χ2n) is 8.43. The van der Waals surface area contributed by atoms with Crippen molar-refractivity contribution < 1.29 is 9.13 Å². The van der Waals surface area contributed by atoms with Gasteiger partial charge in [0.25, 0.3) is 5.56 Å². The van der Waals surface area contributed by atoms with Crippen LogP contribution in [0.25, 0.3) is 11.3 Å². The topological polar surface area (TPSA) is 107 Å². The van der Waals surface area contributed by atoms with Crippen molar-refractivity contribution in [2.45, 2.75) is 19.5 Å². The lowest BCUT2D eigenvalue weighted by Crippen LogP contribution is -2.37. The van der Waals surface area contributed by atoms with Crippen molar-refractivity contribution in [2.24, 2.45) is 18.9 Å². The van der Waals surface area contributed by atoms with Crippen molar-refractivity contribution in [2.75, 3.05) is 43.2 Å². The van der Waals surface area contributed by atoms with Gasteiger partial charge in [-0.2, -0.15) is 0 Å². The highest BCUT2D eigenvalue weighted by Crippen LogP contribution is 2.50. The van der Waals surface area contributed by atoms with Gasteiger partial charge in [-0.15, -0.1) is 0 Å². The number of fused-ring (bicyclic) bond motifs is 1. The van der Waals surface area contributed by atoms with Gasteiger partial charge in [0.1, 0.15) is 0 Å². The van der Waals surface area contributed by atoms with Crippen LogP contribution >= 0.6 is 0 Å². The summed E-state index contributed by atoms with van der Waals surface area (Å²) in [6.07, 6.45) is 2.61. The molecule has 0 radical (unpaired) electrons. The van der Waals surface area contributed by atoms with E-state index in [0.717, 1.165) is 25.2 Å². The van der Waals surface area contributed by atoms with E-state index < -0.39 is 5.82 Å². The Labute approximate surface area is 189 Å². The highest BCUT2D eigenvalue weighted by molar-refractivity contribution is 5.60. The summed E-state index contributed by atoms with van der Waals surface area (Å²) in [5, 5.41) is 12.1. The van der Waals surface area contributed by atoms with Crippen LogP contribution in [-0.2, 0) is 18.3 Å². The Hall–Kier alpha value is -3.41. The van der Waals surface area contributed by atoms with Crippen LogP contribution in [0.15, 0.2) is 29.3 Å². The number of piperidine rings is 1. The van der Waals surface area contributed by atoms with Gasteiger partial charge in [-0.25, -0.2) is 14.1 Å². The van der Waals surface area contributed by atoms with E-state index in [1.165, 1.54) is 22.9 Å². The van der Waals surface area contributed by atoms with Crippen LogP contribution in [0.5, 0.6) is 0 Å². The van der Waals surface area contributed by atoms with Gasteiger partial charge >= 0.3 is 0 Å². The summed E-state index contributed by atoms with van der Waals surface area (Å²) in [4.78, 5) is 25.2. The van der Waals surface area contributed by atoms with E-state index in [-0.39, 0.29) is 17.2 Å². The Kier molecular flexibility index (Phi) is 5.52. The van der Waals surface area contributed by atoms with Gasteiger partial charge in [0, 0.05) is 69.5 Å². The van der Waals surface area contributed by atoms with Crippen LogP contribution < -0.4 is 15.4 Å². The van der Waals surface area contributed by atoms with Crippen LogP contribution in [0.1, 0.15) is 6.92 Å². The van der Waals surface area contributed by atoms with Gasteiger partial charge in [0.2, 0.25) is 11.9 Å². The molecule has 0 N–H and O–H groups in total. The van der Waals surface area contributed by atoms with Gasteiger partial charge < -0.3 is 14.5 Å². The van der Waals surface area contributed by atoms with Crippen molar-refractivity contribution in [1.82, 2.24) is 34.7 Å². The molecule has 1 saturated carbocycles. The summed E-state index contributed by atoms with van der Waals surface area (Å²) in [7, 11) is 3.62. The van der Waals surface area contributed by atoms with E-state index in [4.69, 9.17) is 4.74 Å². The number of aromatic nitrogens is 7. The number of ether oxygens (including phenoxy) is 1. The molecular formula is C21H26FN9O2. The third-order valence-corrected chi connectivity index (χ3v) is 6.52. The SMILES string of the molecule is CCOCCn1nnnc1N1C[C@@H]2C(N(C)c3nc(-c4ccncc4F)cc(=O)n3C)[C@@H]2C1. The molecule has 3 atom stereocenters. The van der Waals surface area contributed by atoms with E-state index >= 15 is 0 Å².